The van der Waals surface area contributed by atoms with Gasteiger partial charge in [0.05, 0.1) is 5.69 Å². The Kier molecular flexibility index (Phi) is 3.21. The summed E-state index contributed by atoms with van der Waals surface area (Å²) >= 11 is -2.42. The van der Waals surface area contributed by atoms with Crippen molar-refractivity contribution in [2.45, 2.75) is 0 Å². The Bertz CT molecular complexity index is 265. The van der Waals surface area contributed by atoms with Gasteiger partial charge >= 0.3 is 0 Å². The molecule has 0 fully saturated rings. The molecule has 1 rings (SSSR count). The van der Waals surface area contributed by atoms with Crippen LogP contribution in [0.5, 0.6) is 0 Å². The number of aliphatic hydroxyl groups excluding tert-OH is 1. The summed E-state index contributed by atoms with van der Waals surface area (Å²) in [4.78, 5) is 0. The van der Waals surface area contributed by atoms with Crippen molar-refractivity contribution in [3.63, 3.8) is 0 Å². The first-order valence-electron chi connectivity index (χ1n) is 3.28. The van der Waals surface area contributed by atoms with E-state index in [0.29, 0.717) is 5.69 Å². The standard InChI is InChI=1S/C7H9NO3S/c9-6-8(12(10)11)7-4-2-1-3-5-7/h1-5,9H,6H2,(H,10,11)/p-1. The molecule has 66 valence electrons. The molecule has 0 aromatic heterocycles. The van der Waals surface area contributed by atoms with E-state index < -0.39 is 18.0 Å². The molecule has 0 saturated heterocycles. The molecule has 0 amide bonds. The molecule has 4 nitrogen and oxygen atoms in total. The maximum Gasteiger partial charge on any atom is 0.127 e. The Labute approximate surface area is 72.9 Å². The molecule has 1 atom stereocenters. The van der Waals surface area contributed by atoms with Gasteiger partial charge < -0.3 is 9.66 Å². The minimum atomic E-state index is -2.42. The Balaban J connectivity index is 2.88. The van der Waals surface area contributed by atoms with Crippen LogP contribution in [-0.4, -0.2) is 20.6 Å². The number of benzene rings is 1. The SMILES string of the molecule is O=S([O-])N(CO)c1ccccc1. The smallest absolute Gasteiger partial charge is 0.127 e. The summed E-state index contributed by atoms with van der Waals surface area (Å²) in [5.74, 6) is 0. The van der Waals surface area contributed by atoms with Gasteiger partial charge in [0.1, 0.15) is 6.73 Å². The van der Waals surface area contributed by atoms with Crippen LogP contribution in [0.1, 0.15) is 0 Å². The van der Waals surface area contributed by atoms with Crippen molar-refractivity contribution in [3.8, 4) is 0 Å². The van der Waals surface area contributed by atoms with E-state index in [1.54, 1.807) is 30.3 Å². The van der Waals surface area contributed by atoms with Gasteiger partial charge in [-0.15, -0.1) is 0 Å². The second-order valence-corrected chi connectivity index (χ2v) is 2.95. The lowest BCUT2D eigenvalue weighted by atomic mass is 10.3. The minimum absolute atomic E-state index is 0.452. The highest BCUT2D eigenvalue weighted by Gasteiger charge is 2.02. The molecule has 0 aliphatic heterocycles. The molecule has 0 aliphatic carbocycles. The van der Waals surface area contributed by atoms with Gasteiger partial charge in [-0.25, -0.2) is 0 Å². The van der Waals surface area contributed by atoms with E-state index in [-0.39, 0.29) is 0 Å². The predicted molar refractivity (Wildman–Crippen MR) is 44.9 cm³/mol. The molecule has 0 bridgehead atoms. The van der Waals surface area contributed by atoms with Crippen molar-refractivity contribution < 1.29 is 13.9 Å². The lowest BCUT2D eigenvalue weighted by molar-refractivity contribution is 0.307. The van der Waals surface area contributed by atoms with Crippen molar-refractivity contribution in [3.05, 3.63) is 30.3 Å². The summed E-state index contributed by atoms with van der Waals surface area (Å²) in [5, 5.41) is 8.68. The average molecular weight is 186 g/mol. The van der Waals surface area contributed by atoms with Crippen LogP contribution in [0.25, 0.3) is 0 Å². The van der Waals surface area contributed by atoms with E-state index in [2.05, 4.69) is 0 Å². The maximum atomic E-state index is 10.5. The lowest BCUT2D eigenvalue weighted by Gasteiger charge is -2.23. The quantitative estimate of drug-likeness (QED) is 0.543. The van der Waals surface area contributed by atoms with Gasteiger partial charge in [-0.2, -0.15) is 0 Å². The molecular formula is C7H8NO3S-. The molecule has 0 heterocycles. The third-order valence-electron chi connectivity index (χ3n) is 1.35. The van der Waals surface area contributed by atoms with Gasteiger partial charge in [0.15, 0.2) is 0 Å². The summed E-state index contributed by atoms with van der Waals surface area (Å²) in [6, 6.07) is 8.38. The molecular weight excluding hydrogens is 178 g/mol. The van der Waals surface area contributed by atoms with Crippen molar-refractivity contribution in [1.29, 1.82) is 0 Å². The maximum absolute atomic E-state index is 10.5. The summed E-state index contributed by atoms with van der Waals surface area (Å²) in [6.45, 7) is -0.542. The molecule has 1 unspecified atom stereocenters. The number of anilines is 1. The Morgan fingerprint density at radius 2 is 2.00 bits per heavy atom. The molecule has 0 radical (unpaired) electrons. The van der Waals surface area contributed by atoms with Gasteiger partial charge in [-0.3, -0.25) is 8.51 Å². The molecule has 0 aliphatic rings. The van der Waals surface area contributed by atoms with Gasteiger partial charge in [0, 0.05) is 11.3 Å². The first-order valence-corrected chi connectivity index (χ1v) is 4.31. The third-order valence-corrected chi connectivity index (χ3v) is 2.04. The highest BCUT2D eigenvalue weighted by atomic mass is 32.2. The second-order valence-electron chi connectivity index (χ2n) is 2.07. The van der Waals surface area contributed by atoms with E-state index in [9.17, 15) is 8.76 Å². The zero-order valence-corrected chi connectivity index (χ0v) is 7.03. The second kappa shape index (κ2) is 4.20. The first-order chi connectivity index (χ1) is 5.75. The van der Waals surface area contributed by atoms with Gasteiger partial charge in [-0.1, -0.05) is 18.2 Å². The third kappa shape index (κ3) is 2.04. The number of nitrogens with zero attached hydrogens (tertiary/aromatic N) is 1. The van der Waals surface area contributed by atoms with Crippen molar-refractivity contribution in [2.75, 3.05) is 11.0 Å². The summed E-state index contributed by atoms with van der Waals surface area (Å²) < 4.78 is 21.8. The predicted octanol–water partition coefficient (Wildman–Crippen LogP) is 0.237. The molecule has 1 aromatic carbocycles. The summed E-state index contributed by atoms with van der Waals surface area (Å²) in [7, 11) is 0. The van der Waals surface area contributed by atoms with Gasteiger partial charge in [-0.05, 0) is 12.1 Å². The van der Waals surface area contributed by atoms with E-state index in [0.717, 1.165) is 4.31 Å². The van der Waals surface area contributed by atoms with Crippen molar-refractivity contribution in [1.82, 2.24) is 0 Å². The molecule has 0 saturated carbocycles. The molecule has 12 heavy (non-hydrogen) atoms. The zero-order chi connectivity index (χ0) is 8.97. The van der Waals surface area contributed by atoms with Gasteiger partial charge in [0.25, 0.3) is 0 Å². The fraction of sp³-hybridized carbons (Fsp3) is 0.143. The van der Waals surface area contributed by atoms with Crippen molar-refractivity contribution in [2.24, 2.45) is 0 Å². The molecule has 1 aromatic rings. The van der Waals surface area contributed by atoms with Crippen LogP contribution in [0, 0.1) is 0 Å². The number of para-hydroxylation sites is 1. The largest absolute Gasteiger partial charge is 0.755 e. The van der Waals surface area contributed by atoms with Crippen LogP contribution in [0.2, 0.25) is 0 Å². The summed E-state index contributed by atoms with van der Waals surface area (Å²) in [6.07, 6.45) is 0. The highest BCUT2D eigenvalue weighted by molar-refractivity contribution is 7.80. The Morgan fingerprint density at radius 1 is 1.42 bits per heavy atom. The molecule has 5 heteroatoms. The van der Waals surface area contributed by atoms with E-state index >= 15 is 0 Å². The van der Waals surface area contributed by atoms with Crippen LogP contribution in [-0.2, 0) is 11.3 Å². The molecule has 1 N–H and O–H groups in total. The monoisotopic (exact) mass is 186 g/mol. The fourth-order valence-corrected chi connectivity index (χ4v) is 1.20. The minimum Gasteiger partial charge on any atom is -0.755 e. The summed E-state index contributed by atoms with van der Waals surface area (Å²) in [5.41, 5.74) is 0.452. The molecule has 0 spiro atoms. The first kappa shape index (κ1) is 9.18. The van der Waals surface area contributed by atoms with E-state index in [4.69, 9.17) is 5.11 Å². The van der Waals surface area contributed by atoms with E-state index in [1.165, 1.54) is 0 Å². The number of hydrogen-bond acceptors (Lipinski definition) is 3. The van der Waals surface area contributed by atoms with Crippen molar-refractivity contribution >= 4 is 17.0 Å². The zero-order valence-electron chi connectivity index (χ0n) is 6.21. The number of hydrogen-bond donors (Lipinski definition) is 1. The lowest BCUT2D eigenvalue weighted by Crippen LogP contribution is -2.25. The number of rotatable bonds is 3. The Hall–Kier alpha value is -0.910. The van der Waals surface area contributed by atoms with Crippen LogP contribution >= 0.6 is 0 Å². The fourth-order valence-electron chi connectivity index (χ4n) is 0.809. The van der Waals surface area contributed by atoms with Crippen LogP contribution in [0.4, 0.5) is 5.69 Å². The Morgan fingerprint density at radius 3 is 2.42 bits per heavy atom. The van der Waals surface area contributed by atoms with Crippen LogP contribution in [0.15, 0.2) is 30.3 Å². The van der Waals surface area contributed by atoms with Crippen LogP contribution in [0.3, 0.4) is 0 Å². The van der Waals surface area contributed by atoms with Gasteiger partial charge in [0.2, 0.25) is 0 Å². The normalized spacial score (nSPS) is 12.5. The average Bonchev–Trinajstić information content (AvgIpc) is 2.07. The van der Waals surface area contributed by atoms with Crippen LogP contribution < -0.4 is 4.31 Å². The topological polar surface area (TPSA) is 63.6 Å². The highest BCUT2D eigenvalue weighted by Crippen LogP contribution is 2.12. The van der Waals surface area contributed by atoms with E-state index in [1.807, 2.05) is 0 Å². The number of aliphatic hydroxyl groups is 1.